The third-order valence-corrected chi connectivity index (χ3v) is 7.11. The quantitative estimate of drug-likeness (QED) is 0.422. The fourth-order valence-corrected chi connectivity index (χ4v) is 5.20. The first-order valence-corrected chi connectivity index (χ1v) is 12.0. The van der Waals surface area contributed by atoms with E-state index in [1.807, 2.05) is 0 Å². The fourth-order valence-electron chi connectivity index (χ4n) is 3.83. The van der Waals surface area contributed by atoms with E-state index in [0.29, 0.717) is 32.0 Å². The lowest BCUT2D eigenvalue weighted by Crippen LogP contribution is -2.37. The lowest BCUT2D eigenvalue weighted by molar-refractivity contribution is -0.137. The van der Waals surface area contributed by atoms with E-state index in [9.17, 15) is 30.8 Å². The number of hydrogen-bond acceptors (Lipinski definition) is 5. The van der Waals surface area contributed by atoms with Crippen LogP contribution >= 0.6 is 0 Å². The molecule has 1 heterocycles. The van der Waals surface area contributed by atoms with Crippen LogP contribution < -0.4 is 10.2 Å². The molecule has 0 radical (unpaired) electrons. The Balaban J connectivity index is 1.64. The van der Waals surface area contributed by atoms with Gasteiger partial charge in [0.05, 0.1) is 35.0 Å². The summed E-state index contributed by atoms with van der Waals surface area (Å²) in [6, 6.07) is 10.9. The highest BCUT2D eigenvalue weighted by atomic mass is 32.2. The van der Waals surface area contributed by atoms with Crippen LogP contribution in [0.2, 0.25) is 0 Å². The molecule has 1 aliphatic heterocycles. The summed E-state index contributed by atoms with van der Waals surface area (Å²) >= 11 is 0. The number of rotatable bonds is 5. The van der Waals surface area contributed by atoms with Crippen molar-refractivity contribution in [3.05, 3.63) is 66.0 Å². The van der Waals surface area contributed by atoms with E-state index < -0.39 is 39.1 Å². The third-order valence-electron chi connectivity index (χ3n) is 5.44. The lowest BCUT2D eigenvalue weighted by Gasteiger charge is -2.31. The van der Waals surface area contributed by atoms with Crippen molar-refractivity contribution >= 4 is 37.9 Å². The second-order valence-corrected chi connectivity index (χ2v) is 9.69. The van der Waals surface area contributed by atoms with Gasteiger partial charge in [0.1, 0.15) is 11.6 Å². The molecule has 3 aromatic rings. The van der Waals surface area contributed by atoms with Gasteiger partial charge in [0.15, 0.2) is 9.84 Å². The maximum Gasteiger partial charge on any atom is 0.416 e. The molecule has 0 saturated carbocycles. The normalized spacial score (nSPS) is 14.9. The molecule has 0 bridgehead atoms. The fraction of sp³-hybridized carbons (Fsp3) is 0.261. The van der Waals surface area contributed by atoms with Crippen LogP contribution in [0.25, 0.3) is 10.8 Å². The van der Waals surface area contributed by atoms with Crippen LogP contribution in [0.4, 0.5) is 28.9 Å². The molecule has 0 unspecified atom stereocenters. The number of alkyl halides is 3. The highest BCUT2D eigenvalue weighted by Gasteiger charge is 2.32. The van der Waals surface area contributed by atoms with Crippen molar-refractivity contribution in [2.75, 3.05) is 42.3 Å². The summed E-state index contributed by atoms with van der Waals surface area (Å²) in [6.45, 7) is 1.52. The van der Waals surface area contributed by atoms with Gasteiger partial charge >= 0.3 is 6.18 Å². The Kier molecular flexibility index (Phi) is 6.50. The molecule has 4 rings (SSSR count). The highest BCUT2D eigenvalue weighted by Crippen LogP contribution is 2.36. The number of carbonyl (C=O) groups is 1. The van der Waals surface area contributed by atoms with Gasteiger partial charge in [-0.2, -0.15) is 13.2 Å². The number of nitrogens with zero attached hydrogens (tertiary/aromatic N) is 1. The van der Waals surface area contributed by atoms with Crippen LogP contribution in [-0.4, -0.2) is 46.4 Å². The Morgan fingerprint density at radius 1 is 1.00 bits per heavy atom. The number of ether oxygens (including phenoxy) is 1. The van der Waals surface area contributed by atoms with Crippen LogP contribution in [0.1, 0.15) is 5.56 Å². The van der Waals surface area contributed by atoms with Crippen molar-refractivity contribution in [1.29, 1.82) is 0 Å². The van der Waals surface area contributed by atoms with Crippen molar-refractivity contribution in [2.45, 2.75) is 11.1 Å². The molecular formula is C23H20F4N2O4S. The number of sulfone groups is 1. The minimum absolute atomic E-state index is 0.0801. The molecule has 1 aliphatic rings. The molecule has 11 heteroatoms. The minimum atomic E-state index is -4.65. The van der Waals surface area contributed by atoms with Crippen LogP contribution in [0.5, 0.6) is 0 Å². The van der Waals surface area contributed by atoms with Gasteiger partial charge in [-0.3, -0.25) is 4.79 Å². The van der Waals surface area contributed by atoms with E-state index >= 15 is 0 Å². The maximum absolute atomic E-state index is 14.1. The first-order valence-electron chi connectivity index (χ1n) is 10.3. The predicted molar refractivity (Wildman–Crippen MR) is 119 cm³/mol. The largest absolute Gasteiger partial charge is 0.416 e. The summed E-state index contributed by atoms with van der Waals surface area (Å²) in [7, 11) is -4.23. The topological polar surface area (TPSA) is 75.7 Å². The number of nitrogens with one attached hydrogen (secondary N) is 1. The second-order valence-electron chi connectivity index (χ2n) is 7.73. The standard InChI is InChI=1S/C23H20F4N2O4S/c24-18-6-8-21(17-4-2-1-3-16(17)18)34(31,32)14-22(30)28-19-13-15(23(25,26)27)5-7-20(19)29-9-11-33-12-10-29/h1-8,13H,9-12,14H2,(H,28,30). The number of carbonyl (C=O) groups excluding carboxylic acids is 1. The van der Waals surface area contributed by atoms with E-state index in [1.54, 1.807) is 11.0 Å². The number of halogens is 4. The molecule has 34 heavy (non-hydrogen) atoms. The second kappa shape index (κ2) is 9.22. The molecule has 6 nitrogen and oxygen atoms in total. The smallest absolute Gasteiger partial charge is 0.378 e. The average Bonchev–Trinajstić information content (AvgIpc) is 2.79. The zero-order valence-corrected chi connectivity index (χ0v) is 18.5. The summed E-state index contributed by atoms with van der Waals surface area (Å²) in [6.07, 6.45) is -4.65. The van der Waals surface area contributed by atoms with Crippen LogP contribution in [0.15, 0.2) is 59.5 Å². The van der Waals surface area contributed by atoms with E-state index in [-0.39, 0.29) is 21.4 Å². The zero-order valence-electron chi connectivity index (χ0n) is 17.7. The van der Waals surface area contributed by atoms with Crippen molar-refractivity contribution in [2.24, 2.45) is 0 Å². The van der Waals surface area contributed by atoms with E-state index in [2.05, 4.69) is 5.32 Å². The first-order chi connectivity index (χ1) is 16.1. The Hall–Kier alpha value is -3.18. The lowest BCUT2D eigenvalue weighted by atomic mass is 10.1. The van der Waals surface area contributed by atoms with Gasteiger partial charge in [0, 0.05) is 23.9 Å². The summed E-state index contributed by atoms with van der Waals surface area (Å²) in [5, 5.41) is 2.53. The Labute approximate surface area is 193 Å². The molecule has 0 spiro atoms. The number of fused-ring (bicyclic) bond motifs is 1. The van der Waals surface area contributed by atoms with Gasteiger partial charge in [-0.15, -0.1) is 0 Å². The maximum atomic E-state index is 14.1. The Morgan fingerprint density at radius 2 is 1.68 bits per heavy atom. The highest BCUT2D eigenvalue weighted by molar-refractivity contribution is 7.92. The van der Waals surface area contributed by atoms with Gasteiger partial charge in [-0.1, -0.05) is 24.3 Å². The third kappa shape index (κ3) is 5.00. The number of benzene rings is 3. The zero-order chi connectivity index (χ0) is 24.5. The molecule has 3 aromatic carbocycles. The van der Waals surface area contributed by atoms with E-state index in [1.165, 1.54) is 24.3 Å². The number of hydrogen-bond donors (Lipinski definition) is 1. The minimum Gasteiger partial charge on any atom is -0.378 e. The summed E-state index contributed by atoms with van der Waals surface area (Å²) < 4.78 is 85.1. The molecular weight excluding hydrogens is 476 g/mol. The summed E-state index contributed by atoms with van der Waals surface area (Å²) in [5.41, 5.74) is -0.803. The van der Waals surface area contributed by atoms with Gasteiger partial charge in [0.2, 0.25) is 5.91 Å². The molecule has 0 atom stereocenters. The monoisotopic (exact) mass is 496 g/mol. The van der Waals surface area contributed by atoms with Crippen LogP contribution in [0.3, 0.4) is 0 Å². The van der Waals surface area contributed by atoms with Gasteiger partial charge < -0.3 is 15.0 Å². The molecule has 1 saturated heterocycles. The van der Waals surface area contributed by atoms with Gasteiger partial charge in [-0.05, 0) is 30.3 Å². The van der Waals surface area contributed by atoms with Crippen LogP contribution in [0, 0.1) is 5.82 Å². The van der Waals surface area contributed by atoms with Crippen molar-refractivity contribution in [1.82, 2.24) is 0 Å². The molecule has 1 N–H and O–H groups in total. The average molecular weight is 496 g/mol. The number of anilines is 2. The molecule has 1 amide bonds. The predicted octanol–water partition coefficient (Wildman–Crippen LogP) is 4.25. The molecule has 180 valence electrons. The van der Waals surface area contributed by atoms with E-state index in [4.69, 9.17) is 4.74 Å². The molecule has 0 aromatic heterocycles. The summed E-state index contributed by atoms with van der Waals surface area (Å²) in [4.78, 5) is 14.2. The van der Waals surface area contributed by atoms with Crippen LogP contribution in [-0.2, 0) is 25.5 Å². The van der Waals surface area contributed by atoms with Crippen molar-refractivity contribution in [3.63, 3.8) is 0 Å². The van der Waals surface area contributed by atoms with Gasteiger partial charge in [-0.25, -0.2) is 12.8 Å². The summed E-state index contributed by atoms with van der Waals surface area (Å²) in [5.74, 6) is -2.65. The van der Waals surface area contributed by atoms with Crippen molar-refractivity contribution < 1.29 is 35.5 Å². The van der Waals surface area contributed by atoms with Gasteiger partial charge in [0.25, 0.3) is 0 Å². The first kappa shape index (κ1) is 24.0. The number of morpholine rings is 1. The number of amides is 1. The van der Waals surface area contributed by atoms with Crippen molar-refractivity contribution in [3.8, 4) is 0 Å². The van der Waals surface area contributed by atoms with E-state index in [0.717, 1.165) is 24.3 Å². The molecule has 1 fully saturated rings. The SMILES string of the molecule is O=C(CS(=O)(=O)c1ccc(F)c2ccccc12)Nc1cc(C(F)(F)F)ccc1N1CCOCC1. The Bertz CT molecular complexity index is 1340. The molecule has 0 aliphatic carbocycles. The Morgan fingerprint density at radius 3 is 2.35 bits per heavy atom.